The Bertz CT molecular complexity index is 752. The van der Waals surface area contributed by atoms with Crippen LogP contribution in [0.1, 0.15) is 35.4 Å². The lowest BCUT2D eigenvalue weighted by Crippen LogP contribution is -2.31. The summed E-state index contributed by atoms with van der Waals surface area (Å²) in [5, 5.41) is 9.37. The lowest BCUT2D eigenvalue weighted by molar-refractivity contribution is -0.138. The molecular formula is C20H21NO3. The van der Waals surface area contributed by atoms with E-state index in [-0.39, 0.29) is 12.5 Å². The van der Waals surface area contributed by atoms with Crippen LogP contribution < -0.4 is 4.90 Å². The van der Waals surface area contributed by atoms with Crippen LogP contribution in [0.5, 0.6) is 0 Å². The number of fused-ring (bicyclic) bond motifs is 1. The smallest absolute Gasteiger partial charge is 0.312 e. The molecular weight excluding hydrogens is 302 g/mol. The Morgan fingerprint density at radius 3 is 2.54 bits per heavy atom. The summed E-state index contributed by atoms with van der Waals surface area (Å²) >= 11 is 0. The molecule has 2 aromatic rings. The van der Waals surface area contributed by atoms with E-state index >= 15 is 0 Å². The van der Waals surface area contributed by atoms with Gasteiger partial charge in [0.1, 0.15) is 5.92 Å². The molecule has 1 aliphatic heterocycles. The molecule has 1 heterocycles. The van der Waals surface area contributed by atoms with Crippen LogP contribution in [-0.2, 0) is 16.0 Å². The van der Waals surface area contributed by atoms with Gasteiger partial charge in [0.05, 0.1) is 0 Å². The first-order valence-corrected chi connectivity index (χ1v) is 8.24. The molecule has 1 N–H and O–H groups in total. The van der Waals surface area contributed by atoms with Crippen molar-refractivity contribution in [2.45, 2.75) is 32.1 Å². The SMILES string of the molecule is Cc1ccc(CCCC(=O)N2CC(C(=O)O)c3ccccc32)cc1. The highest BCUT2D eigenvalue weighted by Gasteiger charge is 2.35. The Morgan fingerprint density at radius 2 is 1.83 bits per heavy atom. The molecule has 24 heavy (non-hydrogen) atoms. The number of aliphatic carboxylic acids is 1. The van der Waals surface area contributed by atoms with Crippen LogP contribution in [0.3, 0.4) is 0 Å². The second-order valence-electron chi connectivity index (χ2n) is 6.29. The zero-order valence-electron chi connectivity index (χ0n) is 13.7. The number of amides is 1. The van der Waals surface area contributed by atoms with E-state index in [1.54, 1.807) is 11.0 Å². The first kappa shape index (κ1) is 16.2. The third-order valence-electron chi connectivity index (χ3n) is 4.54. The minimum atomic E-state index is -0.877. The average Bonchev–Trinajstić information content (AvgIpc) is 2.96. The van der Waals surface area contributed by atoms with Gasteiger partial charge < -0.3 is 10.0 Å². The number of carboxylic acids is 1. The molecule has 0 saturated carbocycles. The zero-order valence-corrected chi connectivity index (χ0v) is 13.7. The quantitative estimate of drug-likeness (QED) is 0.916. The molecule has 4 heteroatoms. The molecule has 2 aromatic carbocycles. The normalized spacial score (nSPS) is 16.0. The molecule has 0 bridgehead atoms. The third kappa shape index (κ3) is 3.32. The number of benzene rings is 2. The van der Waals surface area contributed by atoms with Gasteiger partial charge in [0, 0.05) is 18.7 Å². The maximum Gasteiger partial charge on any atom is 0.312 e. The molecule has 3 rings (SSSR count). The van der Waals surface area contributed by atoms with Gasteiger partial charge in [-0.05, 0) is 37.0 Å². The second-order valence-corrected chi connectivity index (χ2v) is 6.29. The van der Waals surface area contributed by atoms with Crippen molar-refractivity contribution in [2.75, 3.05) is 11.4 Å². The van der Waals surface area contributed by atoms with Crippen LogP contribution in [0.2, 0.25) is 0 Å². The number of hydrogen-bond acceptors (Lipinski definition) is 2. The minimum Gasteiger partial charge on any atom is -0.481 e. The maximum absolute atomic E-state index is 12.6. The van der Waals surface area contributed by atoms with E-state index in [9.17, 15) is 14.7 Å². The average molecular weight is 323 g/mol. The molecule has 0 spiro atoms. The fourth-order valence-electron chi connectivity index (χ4n) is 3.19. The number of carbonyl (C=O) groups excluding carboxylic acids is 1. The number of aryl methyl sites for hydroxylation is 2. The number of anilines is 1. The molecule has 0 radical (unpaired) electrons. The Labute approximate surface area is 141 Å². The summed E-state index contributed by atoms with van der Waals surface area (Å²) in [6.45, 7) is 2.29. The first-order valence-electron chi connectivity index (χ1n) is 8.24. The van der Waals surface area contributed by atoms with Crippen molar-refractivity contribution in [3.05, 3.63) is 65.2 Å². The number of para-hydroxylation sites is 1. The number of rotatable bonds is 5. The van der Waals surface area contributed by atoms with Gasteiger partial charge in [-0.25, -0.2) is 0 Å². The summed E-state index contributed by atoms with van der Waals surface area (Å²) in [6.07, 6.45) is 2.04. The molecule has 0 fully saturated rings. The predicted octanol–water partition coefficient (Wildman–Crippen LogP) is 3.53. The van der Waals surface area contributed by atoms with Gasteiger partial charge in [-0.15, -0.1) is 0 Å². The third-order valence-corrected chi connectivity index (χ3v) is 4.54. The van der Waals surface area contributed by atoms with Crippen LogP contribution in [0.4, 0.5) is 5.69 Å². The maximum atomic E-state index is 12.6. The summed E-state index contributed by atoms with van der Waals surface area (Å²) in [6, 6.07) is 15.6. The van der Waals surface area contributed by atoms with E-state index in [0.717, 1.165) is 24.1 Å². The van der Waals surface area contributed by atoms with E-state index in [4.69, 9.17) is 0 Å². The van der Waals surface area contributed by atoms with E-state index < -0.39 is 11.9 Å². The van der Waals surface area contributed by atoms with Gasteiger partial charge in [0.15, 0.2) is 0 Å². The lowest BCUT2D eigenvalue weighted by atomic mass is 10.0. The molecule has 0 saturated heterocycles. The van der Waals surface area contributed by atoms with Crippen molar-refractivity contribution in [1.29, 1.82) is 0 Å². The number of hydrogen-bond donors (Lipinski definition) is 1. The van der Waals surface area contributed by atoms with Crippen LogP contribution in [-0.4, -0.2) is 23.5 Å². The molecule has 1 amide bonds. The fourth-order valence-corrected chi connectivity index (χ4v) is 3.19. The number of carbonyl (C=O) groups is 2. The standard InChI is InChI=1S/C20H21NO3/c1-14-9-11-15(12-10-14)5-4-8-19(22)21-13-17(20(23)24)16-6-2-3-7-18(16)21/h2-3,6-7,9-12,17H,4-5,8,13H2,1H3,(H,23,24). The zero-order chi connectivity index (χ0) is 17.1. The Hall–Kier alpha value is -2.62. The van der Waals surface area contributed by atoms with E-state index in [1.165, 1.54) is 11.1 Å². The van der Waals surface area contributed by atoms with Crippen molar-refractivity contribution in [2.24, 2.45) is 0 Å². The van der Waals surface area contributed by atoms with Gasteiger partial charge in [-0.3, -0.25) is 9.59 Å². The molecule has 1 atom stereocenters. The van der Waals surface area contributed by atoms with Crippen molar-refractivity contribution < 1.29 is 14.7 Å². The van der Waals surface area contributed by atoms with Crippen molar-refractivity contribution in [3.8, 4) is 0 Å². The summed E-state index contributed by atoms with van der Waals surface area (Å²) < 4.78 is 0. The highest BCUT2D eigenvalue weighted by atomic mass is 16.4. The van der Waals surface area contributed by atoms with Gasteiger partial charge in [0.25, 0.3) is 0 Å². The predicted molar refractivity (Wildman–Crippen MR) is 93.3 cm³/mol. The summed E-state index contributed by atoms with van der Waals surface area (Å²) in [5.74, 6) is -1.50. The molecule has 0 aliphatic carbocycles. The monoisotopic (exact) mass is 323 g/mol. The Balaban J connectivity index is 1.63. The topological polar surface area (TPSA) is 57.6 Å². The summed E-state index contributed by atoms with van der Waals surface area (Å²) in [7, 11) is 0. The fraction of sp³-hybridized carbons (Fsp3) is 0.300. The van der Waals surface area contributed by atoms with E-state index in [0.29, 0.717) is 6.42 Å². The lowest BCUT2D eigenvalue weighted by Gasteiger charge is -2.17. The van der Waals surface area contributed by atoms with Crippen molar-refractivity contribution in [1.82, 2.24) is 0 Å². The summed E-state index contributed by atoms with van der Waals surface area (Å²) in [4.78, 5) is 25.6. The van der Waals surface area contributed by atoms with Crippen LogP contribution in [0.25, 0.3) is 0 Å². The molecule has 1 unspecified atom stereocenters. The Kier molecular flexibility index (Phi) is 4.65. The van der Waals surface area contributed by atoms with E-state index in [1.807, 2.05) is 18.2 Å². The highest BCUT2D eigenvalue weighted by molar-refractivity contribution is 5.98. The number of nitrogens with zero attached hydrogens (tertiary/aromatic N) is 1. The van der Waals surface area contributed by atoms with Gasteiger partial charge >= 0.3 is 5.97 Å². The largest absolute Gasteiger partial charge is 0.481 e. The van der Waals surface area contributed by atoms with Gasteiger partial charge in [-0.1, -0.05) is 48.0 Å². The van der Waals surface area contributed by atoms with Crippen molar-refractivity contribution >= 4 is 17.6 Å². The Morgan fingerprint density at radius 1 is 1.12 bits per heavy atom. The summed E-state index contributed by atoms with van der Waals surface area (Å²) in [5.41, 5.74) is 3.92. The van der Waals surface area contributed by atoms with Crippen LogP contribution >= 0.6 is 0 Å². The van der Waals surface area contributed by atoms with Crippen LogP contribution in [0, 0.1) is 6.92 Å². The molecule has 4 nitrogen and oxygen atoms in total. The minimum absolute atomic E-state index is 0.00156. The number of carboxylic acid groups (broad SMARTS) is 1. The molecule has 0 aromatic heterocycles. The van der Waals surface area contributed by atoms with Gasteiger partial charge in [0.2, 0.25) is 5.91 Å². The molecule has 1 aliphatic rings. The van der Waals surface area contributed by atoms with Crippen LogP contribution in [0.15, 0.2) is 48.5 Å². The molecule has 124 valence electrons. The highest BCUT2D eigenvalue weighted by Crippen LogP contribution is 2.36. The first-order chi connectivity index (χ1) is 11.6. The second kappa shape index (κ2) is 6.87. The van der Waals surface area contributed by atoms with Gasteiger partial charge in [-0.2, -0.15) is 0 Å². The van der Waals surface area contributed by atoms with Crippen molar-refractivity contribution in [3.63, 3.8) is 0 Å². The van der Waals surface area contributed by atoms with E-state index in [2.05, 4.69) is 31.2 Å².